The summed E-state index contributed by atoms with van der Waals surface area (Å²) in [6, 6.07) is 9.20. The van der Waals surface area contributed by atoms with Crippen LogP contribution in [0.4, 0.5) is 10.6 Å². The zero-order valence-electron chi connectivity index (χ0n) is 14.2. The Bertz CT molecular complexity index is 677. The van der Waals surface area contributed by atoms with E-state index in [1.165, 1.54) is 0 Å². The highest BCUT2D eigenvalue weighted by Gasteiger charge is 2.23. The SMILES string of the molecule is CC(C)(C)n1ncc(-c2ccccc2)c1NC(=O)NC[C@@H](O)CO. The van der Waals surface area contributed by atoms with Crippen molar-refractivity contribution in [2.24, 2.45) is 0 Å². The van der Waals surface area contributed by atoms with Crippen molar-refractivity contribution in [1.29, 1.82) is 0 Å². The molecule has 0 aliphatic carbocycles. The molecular formula is C17H24N4O3. The quantitative estimate of drug-likeness (QED) is 0.670. The molecule has 0 bridgehead atoms. The fourth-order valence-electron chi connectivity index (χ4n) is 2.23. The van der Waals surface area contributed by atoms with Crippen molar-refractivity contribution in [3.05, 3.63) is 36.5 Å². The second-order valence-corrected chi connectivity index (χ2v) is 6.53. The van der Waals surface area contributed by atoms with Crippen molar-refractivity contribution >= 4 is 11.8 Å². The van der Waals surface area contributed by atoms with Crippen LogP contribution in [0.3, 0.4) is 0 Å². The van der Waals surface area contributed by atoms with Gasteiger partial charge in [-0.2, -0.15) is 5.10 Å². The molecule has 0 spiro atoms. The first-order chi connectivity index (χ1) is 11.3. The van der Waals surface area contributed by atoms with Crippen molar-refractivity contribution in [1.82, 2.24) is 15.1 Å². The highest BCUT2D eigenvalue weighted by atomic mass is 16.3. The molecule has 1 aromatic heterocycles. The van der Waals surface area contributed by atoms with E-state index < -0.39 is 18.7 Å². The molecule has 0 radical (unpaired) electrons. The molecule has 0 unspecified atom stereocenters. The molecule has 0 saturated heterocycles. The lowest BCUT2D eigenvalue weighted by Gasteiger charge is -2.23. The lowest BCUT2D eigenvalue weighted by molar-refractivity contribution is 0.0964. The molecule has 7 nitrogen and oxygen atoms in total. The van der Waals surface area contributed by atoms with E-state index in [1.807, 2.05) is 51.1 Å². The number of carbonyl (C=O) groups excluding carboxylic acids is 1. The van der Waals surface area contributed by atoms with Gasteiger partial charge in [0.15, 0.2) is 0 Å². The number of amides is 2. The molecule has 130 valence electrons. The Morgan fingerprint density at radius 1 is 1.29 bits per heavy atom. The number of aliphatic hydroxyl groups excluding tert-OH is 2. The Kier molecular flexibility index (Phi) is 5.58. The van der Waals surface area contributed by atoms with Gasteiger partial charge in [-0.15, -0.1) is 0 Å². The minimum absolute atomic E-state index is 0.0351. The topological polar surface area (TPSA) is 99.4 Å². The summed E-state index contributed by atoms with van der Waals surface area (Å²) >= 11 is 0. The van der Waals surface area contributed by atoms with Gasteiger partial charge in [-0.3, -0.25) is 5.32 Å². The third-order valence-electron chi connectivity index (χ3n) is 3.43. The van der Waals surface area contributed by atoms with E-state index in [0.29, 0.717) is 5.82 Å². The Morgan fingerprint density at radius 2 is 1.96 bits per heavy atom. The third-order valence-corrected chi connectivity index (χ3v) is 3.43. The van der Waals surface area contributed by atoms with Crippen LogP contribution >= 0.6 is 0 Å². The molecule has 7 heteroatoms. The van der Waals surface area contributed by atoms with Crippen molar-refractivity contribution in [2.75, 3.05) is 18.5 Å². The Hall–Kier alpha value is -2.38. The van der Waals surface area contributed by atoms with Gasteiger partial charge in [0.1, 0.15) is 5.82 Å². The van der Waals surface area contributed by atoms with Crippen LogP contribution in [0.5, 0.6) is 0 Å². The largest absolute Gasteiger partial charge is 0.394 e. The minimum Gasteiger partial charge on any atom is -0.394 e. The number of anilines is 1. The predicted octanol–water partition coefficient (Wildman–Crippen LogP) is 1.78. The van der Waals surface area contributed by atoms with Crippen molar-refractivity contribution in [2.45, 2.75) is 32.4 Å². The number of aromatic nitrogens is 2. The normalized spacial score (nSPS) is 12.7. The van der Waals surface area contributed by atoms with Crippen molar-refractivity contribution in [3.8, 4) is 11.1 Å². The van der Waals surface area contributed by atoms with Crippen molar-refractivity contribution in [3.63, 3.8) is 0 Å². The Morgan fingerprint density at radius 3 is 2.54 bits per heavy atom. The second kappa shape index (κ2) is 7.46. The van der Waals surface area contributed by atoms with Crippen LogP contribution in [-0.4, -0.2) is 45.3 Å². The van der Waals surface area contributed by atoms with Crippen LogP contribution in [0.15, 0.2) is 36.5 Å². The van der Waals surface area contributed by atoms with Crippen LogP contribution in [0, 0.1) is 0 Å². The summed E-state index contributed by atoms with van der Waals surface area (Å²) < 4.78 is 1.75. The number of hydrogen-bond donors (Lipinski definition) is 4. The van der Waals surface area contributed by atoms with Gasteiger partial charge in [0.25, 0.3) is 0 Å². The van der Waals surface area contributed by atoms with Crippen molar-refractivity contribution < 1.29 is 15.0 Å². The lowest BCUT2D eigenvalue weighted by atomic mass is 10.1. The van der Waals surface area contributed by atoms with Gasteiger partial charge >= 0.3 is 6.03 Å². The summed E-state index contributed by atoms with van der Waals surface area (Å²) in [7, 11) is 0. The standard InChI is InChI=1S/C17H24N4O3/c1-17(2,3)21-15(20-16(24)18-9-13(23)11-22)14(10-19-21)12-7-5-4-6-8-12/h4-8,10,13,22-23H,9,11H2,1-3H3,(H2,18,20,24)/t13-/m1/s1. The Labute approximate surface area is 141 Å². The van der Waals surface area contributed by atoms with Gasteiger partial charge in [-0.25, -0.2) is 9.48 Å². The minimum atomic E-state index is -0.989. The molecule has 1 heterocycles. The van der Waals surface area contributed by atoms with E-state index in [9.17, 15) is 9.90 Å². The van der Waals surface area contributed by atoms with Crippen LogP contribution in [-0.2, 0) is 5.54 Å². The molecular weight excluding hydrogens is 308 g/mol. The Balaban J connectivity index is 2.29. The predicted molar refractivity (Wildman–Crippen MR) is 92.8 cm³/mol. The molecule has 2 aromatic rings. The maximum absolute atomic E-state index is 12.1. The van der Waals surface area contributed by atoms with Crippen LogP contribution in [0.25, 0.3) is 11.1 Å². The summed E-state index contributed by atoms with van der Waals surface area (Å²) in [5, 5.41) is 27.9. The number of urea groups is 1. The molecule has 4 N–H and O–H groups in total. The van der Waals surface area contributed by atoms with Crippen LogP contribution in [0.1, 0.15) is 20.8 Å². The molecule has 0 aliphatic heterocycles. The molecule has 1 atom stereocenters. The molecule has 0 aliphatic rings. The molecule has 2 amide bonds. The zero-order chi connectivity index (χ0) is 17.7. The second-order valence-electron chi connectivity index (χ2n) is 6.53. The van der Waals surface area contributed by atoms with Crippen LogP contribution in [0.2, 0.25) is 0 Å². The first-order valence-corrected chi connectivity index (χ1v) is 7.80. The average Bonchev–Trinajstić information content (AvgIpc) is 2.97. The molecule has 0 saturated carbocycles. The number of carbonyl (C=O) groups is 1. The molecule has 0 fully saturated rings. The third kappa shape index (κ3) is 4.33. The number of hydrogen-bond acceptors (Lipinski definition) is 4. The molecule has 2 rings (SSSR count). The molecule has 1 aromatic carbocycles. The summed E-state index contributed by atoms with van der Waals surface area (Å²) in [6.07, 6.45) is 0.732. The first kappa shape index (κ1) is 18.0. The molecule has 24 heavy (non-hydrogen) atoms. The fourth-order valence-corrected chi connectivity index (χ4v) is 2.23. The average molecular weight is 332 g/mol. The fraction of sp³-hybridized carbons (Fsp3) is 0.412. The smallest absolute Gasteiger partial charge is 0.320 e. The van der Waals surface area contributed by atoms with Gasteiger partial charge in [-0.05, 0) is 26.3 Å². The number of nitrogens with one attached hydrogen (secondary N) is 2. The number of benzene rings is 1. The maximum atomic E-state index is 12.1. The summed E-state index contributed by atoms with van der Waals surface area (Å²) in [5.74, 6) is 0.574. The monoisotopic (exact) mass is 332 g/mol. The van der Waals surface area contributed by atoms with E-state index in [1.54, 1.807) is 10.9 Å². The number of nitrogens with zero attached hydrogens (tertiary/aromatic N) is 2. The lowest BCUT2D eigenvalue weighted by Crippen LogP contribution is -2.38. The van der Waals surface area contributed by atoms with Gasteiger partial charge in [0.05, 0.1) is 24.4 Å². The highest BCUT2D eigenvalue weighted by molar-refractivity contribution is 5.93. The van der Waals surface area contributed by atoms with E-state index in [-0.39, 0.29) is 12.1 Å². The van der Waals surface area contributed by atoms with E-state index >= 15 is 0 Å². The van der Waals surface area contributed by atoms with Crippen LogP contribution < -0.4 is 10.6 Å². The maximum Gasteiger partial charge on any atom is 0.320 e. The van der Waals surface area contributed by atoms with Gasteiger partial charge in [0, 0.05) is 12.1 Å². The zero-order valence-corrected chi connectivity index (χ0v) is 14.2. The summed E-state index contributed by atoms with van der Waals surface area (Å²) in [5.41, 5.74) is 1.43. The first-order valence-electron chi connectivity index (χ1n) is 7.80. The van der Waals surface area contributed by atoms with Gasteiger partial charge in [0.2, 0.25) is 0 Å². The van der Waals surface area contributed by atoms with E-state index in [2.05, 4.69) is 15.7 Å². The summed E-state index contributed by atoms with van der Waals surface area (Å²) in [6.45, 7) is 5.54. The number of aliphatic hydroxyl groups is 2. The number of rotatable bonds is 5. The van der Waals surface area contributed by atoms with E-state index in [4.69, 9.17) is 5.11 Å². The van der Waals surface area contributed by atoms with Gasteiger partial charge < -0.3 is 15.5 Å². The van der Waals surface area contributed by atoms with Gasteiger partial charge in [-0.1, -0.05) is 30.3 Å². The summed E-state index contributed by atoms with van der Waals surface area (Å²) in [4.78, 5) is 12.1. The van der Waals surface area contributed by atoms with E-state index in [0.717, 1.165) is 11.1 Å². The highest BCUT2D eigenvalue weighted by Crippen LogP contribution is 2.31.